The highest BCUT2D eigenvalue weighted by Gasteiger charge is 2.13. The quantitative estimate of drug-likeness (QED) is 0.776. The minimum atomic E-state index is 0.204. The third kappa shape index (κ3) is 4.75. The lowest BCUT2D eigenvalue weighted by atomic mass is 10.1. The number of hydrogen-bond acceptors (Lipinski definition) is 3. The van der Waals surface area contributed by atoms with Crippen molar-refractivity contribution in [1.29, 1.82) is 0 Å². The molecular weight excluding hydrogens is 238 g/mol. The molecule has 1 rings (SSSR count). The molecule has 1 aromatic carbocycles. The third-order valence-corrected chi connectivity index (χ3v) is 3.64. The van der Waals surface area contributed by atoms with E-state index in [0.717, 1.165) is 19.5 Å². The lowest BCUT2D eigenvalue weighted by Crippen LogP contribution is -2.33. The SMILES string of the molecule is CCCCN(Cc1ccc(O)c(OC)c1)C(C)CC. The lowest BCUT2D eigenvalue weighted by molar-refractivity contribution is 0.192. The van der Waals surface area contributed by atoms with Crippen LogP contribution in [0.1, 0.15) is 45.6 Å². The van der Waals surface area contributed by atoms with Gasteiger partial charge in [0, 0.05) is 12.6 Å². The molecule has 1 N–H and O–H groups in total. The molecule has 3 nitrogen and oxygen atoms in total. The summed E-state index contributed by atoms with van der Waals surface area (Å²) in [6.07, 6.45) is 3.59. The van der Waals surface area contributed by atoms with Crippen LogP contribution in [-0.2, 0) is 6.54 Å². The molecule has 3 heteroatoms. The Labute approximate surface area is 117 Å². The molecule has 0 aliphatic rings. The van der Waals surface area contributed by atoms with Crippen LogP contribution in [0.25, 0.3) is 0 Å². The smallest absolute Gasteiger partial charge is 0.160 e. The van der Waals surface area contributed by atoms with Crippen molar-refractivity contribution < 1.29 is 9.84 Å². The van der Waals surface area contributed by atoms with Gasteiger partial charge in [0.15, 0.2) is 11.5 Å². The number of methoxy groups -OCH3 is 1. The fourth-order valence-electron chi connectivity index (χ4n) is 2.13. The van der Waals surface area contributed by atoms with Crippen LogP contribution in [0.5, 0.6) is 11.5 Å². The molecule has 0 aromatic heterocycles. The zero-order valence-electron chi connectivity index (χ0n) is 12.6. The first kappa shape index (κ1) is 15.8. The monoisotopic (exact) mass is 265 g/mol. The van der Waals surface area contributed by atoms with Crippen molar-refractivity contribution in [2.45, 2.75) is 52.6 Å². The second-order valence-corrected chi connectivity index (χ2v) is 5.09. The molecule has 0 heterocycles. The van der Waals surface area contributed by atoms with Crippen LogP contribution in [0.3, 0.4) is 0 Å². The van der Waals surface area contributed by atoms with Gasteiger partial charge in [0.05, 0.1) is 7.11 Å². The van der Waals surface area contributed by atoms with Crippen molar-refractivity contribution in [3.8, 4) is 11.5 Å². The van der Waals surface area contributed by atoms with Gasteiger partial charge in [-0.1, -0.05) is 26.3 Å². The maximum absolute atomic E-state index is 9.63. The zero-order valence-corrected chi connectivity index (χ0v) is 12.6. The summed E-state index contributed by atoms with van der Waals surface area (Å²) in [6, 6.07) is 6.19. The van der Waals surface area contributed by atoms with Gasteiger partial charge in [-0.15, -0.1) is 0 Å². The van der Waals surface area contributed by atoms with E-state index in [1.165, 1.54) is 18.4 Å². The normalized spacial score (nSPS) is 12.7. The Kier molecular flexibility index (Phi) is 6.71. The van der Waals surface area contributed by atoms with E-state index in [-0.39, 0.29) is 5.75 Å². The van der Waals surface area contributed by atoms with Crippen LogP contribution < -0.4 is 4.74 Å². The Balaban J connectivity index is 2.77. The summed E-state index contributed by atoms with van der Waals surface area (Å²) in [5.74, 6) is 0.756. The van der Waals surface area contributed by atoms with Gasteiger partial charge >= 0.3 is 0 Å². The summed E-state index contributed by atoms with van der Waals surface area (Å²) < 4.78 is 5.17. The molecule has 0 bridgehead atoms. The number of rotatable bonds is 8. The lowest BCUT2D eigenvalue weighted by Gasteiger charge is -2.28. The Morgan fingerprint density at radius 3 is 2.63 bits per heavy atom. The highest BCUT2D eigenvalue weighted by atomic mass is 16.5. The van der Waals surface area contributed by atoms with Crippen molar-refractivity contribution in [1.82, 2.24) is 4.90 Å². The van der Waals surface area contributed by atoms with Crippen molar-refractivity contribution in [3.63, 3.8) is 0 Å². The Morgan fingerprint density at radius 1 is 1.32 bits per heavy atom. The van der Waals surface area contributed by atoms with E-state index in [1.807, 2.05) is 12.1 Å². The molecule has 0 amide bonds. The summed E-state index contributed by atoms with van der Waals surface area (Å²) in [7, 11) is 1.59. The van der Waals surface area contributed by atoms with Crippen LogP contribution in [0, 0.1) is 0 Å². The Bertz CT molecular complexity index is 379. The molecular formula is C16H27NO2. The third-order valence-electron chi connectivity index (χ3n) is 3.64. The second-order valence-electron chi connectivity index (χ2n) is 5.09. The fourth-order valence-corrected chi connectivity index (χ4v) is 2.13. The number of hydrogen-bond donors (Lipinski definition) is 1. The average molecular weight is 265 g/mol. The van der Waals surface area contributed by atoms with Crippen molar-refractivity contribution in [3.05, 3.63) is 23.8 Å². The van der Waals surface area contributed by atoms with E-state index in [2.05, 4.69) is 25.7 Å². The molecule has 0 aliphatic heterocycles. The molecule has 1 atom stereocenters. The van der Waals surface area contributed by atoms with Gasteiger partial charge < -0.3 is 9.84 Å². The van der Waals surface area contributed by atoms with Crippen molar-refractivity contribution in [2.24, 2.45) is 0 Å². The maximum Gasteiger partial charge on any atom is 0.160 e. The van der Waals surface area contributed by atoms with Gasteiger partial charge in [-0.25, -0.2) is 0 Å². The molecule has 0 spiro atoms. The first-order valence-corrected chi connectivity index (χ1v) is 7.22. The number of phenols is 1. The predicted molar refractivity (Wildman–Crippen MR) is 79.7 cm³/mol. The first-order chi connectivity index (χ1) is 9.12. The van der Waals surface area contributed by atoms with Gasteiger partial charge in [0.25, 0.3) is 0 Å². The van der Waals surface area contributed by atoms with Gasteiger partial charge in [-0.2, -0.15) is 0 Å². The van der Waals surface area contributed by atoms with Crippen molar-refractivity contribution >= 4 is 0 Å². The average Bonchev–Trinajstić information content (AvgIpc) is 2.44. The van der Waals surface area contributed by atoms with E-state index in [1.54, 1.807) is 13.2 Å². The van der Waals surface area contributed by atoms with E-state index in [4.69, 9.17) is 4.74 Å². The topological polar surface area (TPSA) is 32.7 Å². The molecule has 0 fully saturated rings. The number of unbranched alkanes of at least 4 members (excludes halogenated alkanes) is 1. The molecule has 19 heavy (non-hydrogen) atoms. The number of benzene rings is 1. The Morgan fingerprint density at radius 2 is 2.05 bits per heavy atom. The Hall–Kier alpha value is -1.22. The van der Waals surface area contributed by atoms with E-state index >= 15 is 0 Å². The minimum Gasteiger partial charge on any atom is -0.504 e. The largest absolute Gasteiger partial charge is 0.504 e. The summed E-state index contributed by atoms with van der Waals surface area (Å²) in [5.41, 5.74) is 1.19. The number of ether oxygens (including phenoxy) is 1. The van der Waals surface area contributed by atoms with Crippen LogP contribution in [0.15, 0.2) is 18.2 Å². The van der Waals surface area contributed by atoms with Gasteiger partial charge in [0.1, 0.15) is 0 Å². The van der Waals surface area contributed by atoms with Gasteiger partial charge in [-0.3, -0.25) is 4.90 Å². The number of nitrogens with zero attached hydrogens (tertiary/aromatic N) is 1. The van der Waals surface area contributed by atoms with Crippen LogP contribution in [0.2, 0.25) is 0 Å². The molecule has 0 aliphatic carbocycles. The maximum atomic E-state index is 9.63. The van der Waals surface area contributed by atoms with E-state index < -0.39 is 0 Å². The second kappa shape index (κ2) is 8.05. The van der Waals surface area contributed by atoms with E-state index in [0.29, 0.717) is 11.8 Å². The van der Waals surface area contributed by atoms with Crippen LogP contribution >= 0.6 is 0 Å². The molecule has 0 saturated carbocycles. The minimum absolute atomic E-state index is 0.204. The molecule has 108 valence electrons. The summed E-state index contributed by atoms with van der Waals surface area (Å²) in [4.78, 5) is 2.50. The highest BCUT2D eigenvalue weighted by Crippen LogP contribution is 2.27. The number of aromatic hydroxyl groups is 1. The summed E-state index contributed by atoms with van der Waals surface area (Å²) in [5, 5.41) is 9.63. The number of phenolic OH excluding ortho intramolecular Hbond substituents is 1. The highest BCUT2D eigenvalue weighted by molar-refractivity contribution is 5.41. The van der Waals surface area contributed by atoms with Gasteiger partial charge in [-0.05, 0) is 44.0 Å². The van der Waals surface area contributed by atoms with Crippen LogP contribution in [0.4, 0.5) is 0 Å². The van der Waals surface area contributed by atoms with Crippen molar-refractivity contribution in [2.75, 3.05) is 13.7 Å². The molecule has 1 unspecified atom stereocenters. The predicted octanol–water partition coefficient (Wildman–Crippen LogP) is 3.80. The van der Waals surface area contributed by atoms with E-state index in [9.17, 15) is 5.11 Å². The standard InChI is InChI=1S/C16H27NO2/c1-5-7-10-17(13(3)6-2)12-14-8-9-15(18)16(11-14)19-4/h8-9,11,13,18H,5-7,10,12H2,1-4H3. The van der Waals surface area contributed by atoms with Gasteiger partial charge in [0.2, 0.25) is 0 Å². The zero-order chi connectivity index (χ0) is 14.3. The summed E-state index contributed by atoms with van der Waals surface area (Å²) in [6.45, 7) is 8.74. The fraction of sp³-hybridized carbons (Fsp3) is 0.625. The van der Waals surface area contributed by atoms with Crippen LogP contribution in [-0.4, -0.2) is 29.7 Å². The molecule has 0 saturated heterocycles. The summed E-state index contributed by atoms with van der Waals surface area (Å²) >= 11 is 0. The first-order valence-electron chi connectivity index (χ1n) is 7.22. The molecule has 1 aromatic rings. The molecule has 0 radical (unpaired) electrons.